The Morgan fingerprint density at radius 3 is 2.21 bits per heavy atom. The van der Waals surface area contributed by atoms with E-state index in [0.717, 1.165) is 12.1 Å². The van der Waals surface area contributed by atoms with Crippen molar-refractivity contribution < 1.29 is 19.0 Å². The van der Waals surface area contributed by atoms with E-state index >= 15 is 0 Å². The van der Waals surface area contributed by atoms with Crippen LogP contribution in [0.25, 0.3) is 0 Å². The predicted octanol–water partition coefficient (Wildman–Crippen LogP) is 1.11. The normalized spacial score (nSPS) is 10.9. The van der Waals surface area contributed by atoms with E-state index < -0.39 is 11.6 Å². The number of aliphatic hydroxyl groups excluding tert-OH is 2. The topological polar surface area (TPSA) is 40.5 Å². The van der Waals surface area contributed by atoms with Gasteiger partial charge in [-0.25, -0.2) is 8.78 Å². The monoisotopic (exact) mass is 202 g/mol. The molecule has 1 rings (SSSR count). The molecule has 0 heterocycles. The van der Waals surface area contributed by atoms with Gasteiger partial charge in [-0.1, -0.05) is 6.07 Å². The van der Waals surface area contributed by atoms with Gasteiger partial charge in [0, 0.05) is 19.1 Å². The minimum Gasteiger partial charge on any atom is -0.396 e. The van der Waals surface area contributed by atoms with Gasteiger partial charge in [0.15, 0.2) is 11.6 Å². The van der Waals surface area contributed by atoms with E-state index in [-0.39, 0.29) is 19.1 Å². The lowest BCUT2D eigenvalue weighted by Crippen LogP contribution is -2.14. The molecule has 0 spiro atoms. The van der Waals surface area contributed by atoms with Crippen LogP contribution in [-0.2, 0) is 6.42 Å². The molecule has 0 saturated heterocycles. The second-order valence-electron chi connectivity index (χ2n) is 3.18. The molecule has 0 amide bonds. The summed E-state index contributed by atoms with van der Waals surface area (Å²) in [5, 5.41) is 17.6. The Bertz CT molecular complexity index is 298. The molecule has 0 fully saturated rings. The molecule has 2 N–H and O–H groups in total. The third-order valence-corrected chi connectivity index (χ3v) is 2.02. The first-order chi connectivity index (χ1) is 6.67. The first kappa shape index (κ1) is 11.1. The highest BCUT2D eigenvalue weighted by Crippen LogP contribution is 2.12. The van der Waals surface area contributed by atoms with Crippen LogP contribution in [-0.4, -0.2) is 23.4 Å². The van der Waals surface area contributed by atoms with Crippen LogP contribution in [0.3, 0.4) is 0 Å². The summed E-state index contributed by atoms with van der Waals surface area (Å²) in [4.78, 5) is 0. The Balaban J connectivity index is 2.72. The van der Waals surface area contributed by atoms with Crippen LogP contribution in [0.1, 0.15) is 5.56 Å². The number of benzene rings is 1. The van der Waals surface area contributed by atoms with Crippen molar-refractivity contribution in [1.82, 2.24) is 0 Å². The molecule has 0 radical (unpaired) electrons. The van der Waals surface area contributed by atoms with Gasteiger partial charge in [-0.2, -0.15) is 0 Å². The minimum atomic E-state index is -0.905. The van der Waals surface area contributed by atoms with Crippen molar-refractivity contribution in [3.63, 3.8) is 0 Å². The third-order valence-electron chi connectivity index (χ3n) is 2.02. The van der Waals surface area contributed by atoms with E-state index in [2.05, 4.69) is 0 Å². The van der Waals surface area contributed by atoms with Crippen molar-refractivity contribution in [2.24, 2.45) is 5.92 Å². The highest BCUT2D eigenvalue weighted by Gasteiger charge is 2.09. The third kappa shape index (κ3) is 2.75. The zero-order chi connectivity index (χ0) is 10.6. The molecule has 14 heavy (non-hydrogen) atoms. The Labute approximate surface area is 80.8 Å². The zero-order valence-electron chi connectivity index (χ0n) is 7.58. The summed E-state index contributed by atoms with van der Waals surface area (Å²) in [6, 6.07) is 3.56. The highest BCUT2D eigenvalue weighted by molar-refractivity contribution is 5.18. The average Bonchev–Trinajstić information content (AvgIpc) is 2.19. The molecule has 0 aliphatic rings. The SMILES string of the molecule is OCC(CO)Cc1ccc(F)c(F)c1. The highest BCUT2D eigenvalue weighted by atomic mass is 19.2. The lowest BCUT2D eigenvalue weighted by molar-refractivity contribution is 0.150. The number of rotatable bonds is 4. The summed E-state index contributed by atoms with van der Waals surface area (Å²) < 4.78 is 25.3. The maximum absolute atomic E-state index is 12.7. The smallest absolute Gasteiger partial charge is 0.159 e. The fraction of sp³-hybridized carbons (Fsp3) is 0.400. The summed E-state index contributed by atoms with van der Waals surface area (Å²) in [5.41, 5.74) is 0.567. The minimum absolute atomic E-state index is 0.171. The fourth-order valence-corrected chi connectivity index (χ4v) is 1.19. The van der Waals surface area contributed by atoms with Crippen molar-refractivity contribution in [1.29, 1.82) is 0 Å². The summed E-state index contributed by atoms with van der Waals surface area (Å²) in [5.74, 6) is -2.12. The average molecular weight is 202 g/mol. The van der Waals surface area contributed by atoms with Crippen LogP contribution in [0.5, 0.6) is 0 Å². The molecule has 0 saturated carbocycles. The van der Waals surface area contributed by atoms with E-state index in [1.54, 1.807) is 0 Å². The Morgan fingerprint density at radius 2 is 1.71 bits per heavy atom. The molecule has 4 heteroatoms. The van der Waals surface area contributed by atoms with Crippen LogP contribution in [0, 0.1) is 17.6 Å². The molecule has 0 aliphatic heterocycles. The predicted molar refractivity (Wildman–Crippen MR) is 47.7 cm³/mol. The van der Waals surface area contributed by atoms with Crippen molar-refractivity contribution in [2.45, 2.75) is 6.42 Å². The van der Waals surface area contributed by atoms with Gasteiger partial charge in [-0.15, -0.1) is 0 Å². The van der Waals surface area contributed by atoms with Crippen molar-refractivity contribution in [3.05, 3.63) is 35.4 Å². The van der Waals surface area contributed by atoms with Gasteiger partial charge in [-0.05, 0) is 24.1 Å². The van der Waals surface area contributed by atoms with Crippen LogP contribution in [0.15, 0.2) is 18.2 Å². The second-order valence-corrected chi connectivity index (χ2v) is 3.18. The van der Waals surface area contributed by atoms with E-state index in [4.69, 9.17) is 10.2 Å². The van der Waals surface area contributed by atoms with Crippen molar-refractivity contribution in [3.8, 4) is 0 Å². The molecular weight excluding hydrogens is 190 g/mol. The summed E-state index contributed by atoms with van der Waals surface area (Å²) in [6.45, 7) is -0.342. The molecular formula is C10H12F2O2. The van der Waals surface area contributed by atoms with Gasteiger partial charge >= 0.3 is 0 Å². The number of hydrogen-bond acceptors (Lipinski definition) is 2. The summed E-state index contributed by atoms with van der Waals surface area (Å²) in [7, 11) is 0. The fourth-order valence-electron chi connectivity index (χ4n) is 1.19. The molecule has 0 aromatic heterocycles. The maximum Gasteiger partial charge on any atom is 0.159 e. The maximum atomic E-state index is 12.7. The van der Waals surface area contributed by atoms with Gasteiger partial charge in [0.1, 0.15) is 0 Å². The first-order valence-electron chi connectivity index (χ1n) is 4.33. The van der Waals surface area contributed by atoms with Gasteiger partial charge in [-0.3, -0.25) is 0 Å². The van der Waals surface area contributed by atoms with E-state index in [0.29, 0.717) is 12.0 Å². The lowest BCUT2D eigenvalue weighted by atomic mass is 10.0. The quantitative estimate of drug-likeness (QED) is 0.767. The Morgan fingerprint density at radius 1 is 1.07 bits per heavy atom. The van der Waals surface area contributed by atoms with Crippen LogP contribution >= 0.6 is 0 Å². The number of halogens is 2. The molecule has 2 nitrogen and oxygen atoms in total. The standard InChI is InChI=1S/C10H12F2O2/c11-9-2-1-7(4-10(9)12)3-8(5-13)6-14/h1-2,4,8,13-14H,3,5-6H2. The largest absolute Gasteiger partial charge is 0.396 e. The lowest BCUT2D eigenvalue weighted by Gasteiger charge is -2.10. The second kappa shape index (κ2) is 5.02. The van der Waals surface area contributed by atoms with E-state index in [9.17, 15) is 8.78 Å². The Hall–Kier alpha value is -1.00. The molecule has 1 aromatic rings. The molecule has 0 unspecified atom stereocenters. The molecule has 0 bridgehead atoms. The van der Waals surface area contributed by atoms with Gasteiger partial charge < -0.3 is 10.2 Å². The van der Waals surface area contributed by atoms with Crippen molar-refractivity contribution >= 4 is 0 Å². The Kier molecular flexibility index (Phi) is 3.98. The van der Waals surface area contributed by atoms with Gasteiger partial charge in [0.25, 0.3) is 0 Å². The number of hydrogen-bond donors (Lipinski definition) is 2. The molecule has 0 atom stereocenters. The van der Waals surface area contributed by atoms with Crippen LogP contribution in [0.2, 0.25) is 0 Å². The van der Waals surface area contributed by atoms with Crippen molar-refractivity contribution in [2.75, 3.05) is 13.2 Å². The zero-order valence-corrected chi connectivity index (χ0v) is 7.58. The van der Waals surface area contributed by atoms with Crippen LogP contribution in [0.4, 0.5) is 8.78 Å². The molecule has 0 aliphatic carbocycles. The van der Waals surface area contributed by atoms with Gasteiger partial charge in [0.2, 0.25) is 0 Å². The number of aliphatic hydroxyl groups is 2. The first-order valence-corrected chi connectivity index (χ1v) is 4.33. The van der Waals surface area contributed by atoms with E-state index in [1.807, 2.05) is 0 Å². The van der Waals surface area contributed by atoms with Gasteiger partial charge in [0.05, 0.1) is 0 Å². The molecule has 78 valence electrons. The summed E-state index contributed by atoms with van der Waals surface area (Å²) >= 11 is 0. The summed E-state index contributed by atoms with van der Waals surface area (Å²) in [6.07, 6.45) is 0.337. The molecule has 1 aromatic carbocycles. The van der Waals surface area contributed by atoms with Crippen LogP contribution < -0.4 is 0 Å². The van der Waals surface area contributed by atoms with E-state index in [1.165, 1.54) is 6.07 Å².